The lowest BCUT2D eigenvalue weighted by Crippen LogP contribution is -2.36. The Morgan fingerprint density at radius 2 is 1.78 bits per heavy atom. The molecular weight excluding hydrogens is 294 g/mol. The number of nitrogens with zero attached hydrogens (tertiary/aromatic N) is 2. The van der Waals surface area contributed by atoms with Crippen LogP contribution >= 0.6 is 0 Å². The third kappa shape index (κ3) is 5.05. The molecule has 2 aliphatic rings. The molecule has 1 amide bonds. The number of nitrogens with one attached hydrogen (secondary N) is 1. The lowest BCUT2D eigenvalue weighted by Gasteiger charge is -2.28. The molecule has 126 valence electrons. The summed E-state index contributed by atoms with van der Waals surface area (Å²) in [4.78, 5) is 21.7. The standard InChI is InChI=1S/C17H25N3O3/c1-12(21)19-16-6-2-13(3-7-16)10-15(11-18)14-4-8-17(9-5-14)20(22)23/h10,13-14,16-17H,2-9H2,1H3,(H,19,21)/b15-10-. The molecule has 0 aromatic rings. The van der Waals surface area contributed by atoms with Gasteiger partial charge in [-0.2, -0.15) is 5.26 Å². The maximum Gasteiger partial charge on any atom is 0.217 e. The first kappa shape index (κ1) is 17.5. The highest BCUT2D eigenvalue weighted by Crippen LogP contribution is 2.33. The van der Waals surface area contributed by atoms with Crippen molar-refractivity contribution in [1.82, 2.24) is 5.32 Å². The van der Waals surface area contributed by atoms with Crippen LogP contribution < -0.4 is 5.32 Å². The van der Waals surface area contributed by atoms with Gasteiger partial charge in [-0.25, -0.2) is 0 Å². The Morgan fingerprint density at radius 3 is 2.26 bits per heavy atom. The molecule has 0 spiro atoms. The quantitative estimate of drug-likeness (QED) is 0.489. The van der Waals surface area contributed by atoms with Crippen molar-refractivity contribution in [2.75, 3.05) is 0 Å². The maximum atomic E-state index is 11.1. The van der Waals surface area contributed by atoms with Gasteiger partial charge in [0.25, 0.3) is 0 Å². The van der Waals surface area contributed by atoms with Crippen LogP contribution in [-0.2, 0) is 4.79 Å². The summed E-state index contributed by atoms with van der Waals surface area (Å²) in [7, 11) is 0. The van der Waals surface area contributed by atoms with E-state index in [4.69, 9.17) is 0 Å². The number of hydrogen-bond donors (Lipinski definition) is 1. The van der Waals surface area contributed by atoms with Crippen LogP contribution in [-0.4, -0.2) is 22.9 Å². The molecule has 23 heavy (non-hydrogen) atoms. The van der Waals surface area contributed by atoms with Crippen LogP contribution in [0.15, 0.2) is 11.6 Å². The van der Waals surface area contributed by atoms with Gasteiger partial charge >= 0.3 is 0 Å². The molecule has 6 nitrogen and oxygen atoms in total. The van der Waals surface area contributed by atoms with E-state index in [0.29, 0.717) is 18.8 Å². The predicted octanol–water partition coefficient (Wildman–Crippen LogP) is 2.97. The zero-order valence-electron chi connectivity index (χ0n) is 13.7. The van der Waals surface area contributed by atoms with Crippen molar-refractivity contribution in [3.63, 3.8) is 0 Å². The van der Waals surface area contributed by atoms with E-state index < -0.39 is 6.04 Å². The Balaban J connectivity index is 1.87. The van der Waals surface area contributed by atoms with Crippen molar-refractivity contribution >= 4 is 5.91 Å². The number of carbonyl (C=O) groups is 1. The minimum absolute atomic E-state index is 0.0178. The largest absolute Gasteiger partial charge is 0.354 e. The molecule has 0 aromatic carbocycles. The van der Waals surface area contributed by atoms with Crippen molar-refractivity contribution in [2.24, 2.45) is 11.8 Å². The second-order valence-corrected chi connectivity index (χ2v) is 6.84. The Bertz CT molecular complexity index is 508. The average molecular weight is 319 g/mol. The number of nitriles is 1. The Hall–Kier alpha value is -1.90. The van der Waals surface area contributed by atoms with Crippen LogP contribution in [0.2, 0.25) is 0 Å². The van der Waals surface area contributed by atoms with Gasteiger partial charge < -0.3 is 5.32 Å². The first-order valence-corrected chi connectivity index (χ1v) is 8.52. The van der Waals surface area contributed by atoms with Crippen molar-refractivity contribution in [3.05, 3.63) is 21.8 Å². The lowest BCUT2D eigenvalue weighted by atomic mass is 9.79. The predicted molar refractivity (Wildman–Crippen MR) is 86.0 cm³/mol. The van der Waals surface area contributed by atoms with E-state index >= 15 is 0 Å². The number of carbonyl (C=O) groups excluding carboxylic acids is 1. The van der Waals surface area contributed by atoms with Gasteiger partial charge in [-0.1, -0.05) is 6.08 Å². The first-order valence-electron chi connectivity index (χ1n) is 8.52. The van der Waals surface area contributed by atoms with E-state index in [1.165, 1.54) is 0 Å². The molecule has 0 unspecified atom stereocenters. The average Bonchev–Trinajstić information content (AvgIpc) is 2.53. The van der Waals surface area contributed by atoms with Crippen molar-refractivity contribution in [1.29, 1.82) is 5.26 Å². The summed E-state index contributed by atoms with van der Waals surface area (Å²) >= 11 is 0. The van der Waals surface area contributed by atoms with Gasteiger partial charge in [0, 0.05) is 36.3 Å². The maximum absolute atomic E-state index is 11.1. The first-order chi connectivity index (χ1) is 11.0. The van der Waals surface area contributed by atoms with Gasteiger partial charge in [-0.3, -0.25) is 14.9 Å². The number of amides is 1. The number of hydrogen-bond acceptors (Lipinski definition) is 4. The monoisotopic (exact) mass is 319 g/mol. The molecule has 6 heteroatoms. The molecule has 0 bridgehead atoms. The third-order valence-electron chi connectivity index (χ3n) is 5.16. The van der Waals surface area contributed by atoms with E-state index in [2.05, 4.69) is 17.5 Å². The van der Waals surface area contributed by atoms with Gasteiger partial charge in [0.1, 0.15) is 0 Å². The molecule has 0 radical (unpaired) electrons. The fraction of sp³-hybridized carbons (Fsp3) is 0.765. The summed E-state index contributed by atoms with van der Waals surface area (Å²) in [5, 5.41) is 23.2. The zero-order valence-corrected chi connectivity index (χ0v) is 13.7. The van der Waals surface area contributed by atoms with Gasteiger partial charge in [0.05, 0.1) is 6.07 Å². The van der Waals surface area contributed by atoms with Gasteiger partial charge in [-0.15, -0.1) is 0 Å². The molecule has 0 heterocycles. The summed E-state index contributed by atoms with van der Waals surface area (Å²) in [5.74, 6) is 0.594. The summed E-state index contributed by atoms with van der Waals surface area (Å²) in [5.41, 5.74) is 0.815. The highest BCUT2D eigenvalue weighted by Gasteiger charge is 2.30. The van der Waals surface area contributed by atoms with E-state index in [9.17, 15) is 20.2 Å². The molecule has 2 rings (SSSR count). The summed E-state index contributed by atoms with van der Waals surface area (Å²) in [6.07, 6.45) is 8.61. The molecular formula is C17H25N3O3. The topological polar surface area (TPSA) is 96.0 Å². The number of allylic oxidation sites excluding steroid dienone is 2. The highest BCUT2D eigenvalue weighted by atomic mass is 16.6. The minimum atomic E-state index is -0.431. The minimum Gasteiger partial charge on any atom is -0.354 e. The SMILES string of the molecule is CC(=O)NC1CCC(/C=C(/C#N)C2CCC([N+](=O)[O-])CC2)CC1. The molecule has 0 aromatic heterocycles. The summed E-state index contributed by atoms with van der Waals surface area (Å²) in [6.45, 7) is 1.54. The van der Waals surface area contributed by atoms with Gasteiger partial charge in [-0.05, 0) is 50.4 Å². The highest BCUT2D eigenvalue weighted by molar-refractivity contribution is 5.73. The second-order valence-electron chi connectivity index (χ2n) is 6.84. The fourth-order valence-electron chi connectivity index (χ4n) is 3.83. The fourth-order valence-corrected chi connectivity index (χ4v) is 3.83. The Kier molecular flexibility index (Phi) is 6.14. The van der Waals surface area contributed by atoms with Crippen LogP contribution in [0, 0.1) is 33.3 Å². The van der Waals surface area contributed by atoms with E-state index in [1.807, 2.05) is 0 Å². The number of nitro groups is 1. The smallest absolute Gasteiger partial charge is 0.217 e. The van der Waals surface area contributed by atoms with E-state index in [-0.39, 0.29) is 22.8 Å². The molecule has 2 aliphatic carbocycles. The zero-order chi connectivity index (χ0) is 16.8. The van der Waals surface area contributed by atoms with Crippen LogP contribution in [0.25, 0.3) is 0 Å². The normalized spacial score (nSPS) is 31.9. The molecule has 0 saturated heterocycles. The lowest BCUT2D eigenvalue weighted by molar-refractivity contribution is -0.526. The number of rotatable bonds is 4. The van der Waals surface area contributed by atoms with Crippen molar-refractivity contribution < 1.29 is 9.72 Å². The second kappa shape index (κ2) is 8.09. The van der Waals surface area contributed by atoms with E-state index in [1.54, 1.807) is 6.92 Å². The van der Waals surface area contributed by atoms with Gasteiger partial charge in [0.2, 0.25) is 11.9 Å². The van der Waals surface area contributed by atoms with Crippen molar-refractivity contribution in [3.8, 4) is 6.07 Å². The van der Waals surface area contributed by atoms with Crippen LogP contribution in [0.3, 0.4) is 0 Å². The molecule has 0 aliphatic heterocycles. The summed E-state index contributed by atoms with van der Waals surface area (Å²) < 4.78 is 0. The molecule has 1 N–H and O–H groups in total. The third-order valence-corrected chi connectivity index (χ3v) is 5.16. The van der Waals surface area contributed by atoms with Crippen molar-refractivity contribution in [2.45, 2.75) is 70.4 Å². The molecule has 2 saturated carbocycles. The summed E-state index contributed by atoms with van der Waals surface area (Å²) in [6, 6.07) is 2.16. The molecule has 0 atom stereocenters. The van der Waals surface area contributed by atoms with Crippen LogP contribution in [0.1, 0.15) is 58.3 Å². The van der Waals surface area contributed by atoms with Gasteiger partial charge in [0.15, 0.2) is 0 Å². The van der Waals surface area contributed by atoms with Crippen LogP contribution in [0.5, 0.6) is 0 Å². The molecule has 2 fully saturated rings. The van der Waals surface area contributed by atoms with Crippen LogP contribution in [0.4, 0.5) is 0 Å². The Labute approximate surface area is 137 Å². The Morgan fingerprint density at radius 1 is 1.17 bits per heavy atom. The van der Waals surface area contributed by atoms with E-state index in [0.717, 1.165) is 44.1 Å².